The molecule has 0 amide bonds. The van der Waals surface area contributed by atoms with Gasteiger partial charge >= 0.3 is 11.9 Å². The van der Waals surface area contributed by atoms with E-state index in [-0.39, 0.29) is 0 Å². The molecule has 0 bridgehead atoms. The van der Waals surface area contributed by atoms with Crippen molar-refractivity contribution in [2.75, 3.05) is 0 Å². The molecule has 13 heavy (non-hydrogen) atoms. The highest BCUT2D eigenvalue weighted by atomic mass is 32.1. The van der Waals surface area contributed by atoms with Crippen molar-refractivity contribution in [3.63, 3.8) is 0 Å². The molecule has 0 aliphatic rings. The van der Waals surface area contributed by atoms with Crippen LogP contribution < -0.4 is 0 Å². The van der Waals surface area contributed by atoms with Crippen molar-refractivity contribution in [3.05, 3.63) is 24.7 Å². The number of hydrogen-bond donors (Lipinski definition) is 2. The minimum absolute atomic E-state index is 0.432. The summed E-state index contributed by atoms with van der Waals surface area (Å²) in [4.78, 5) is 21.2. The highest BCUT2D eigenvalue weighted by Gasteiger charge is 2.15. The Morgan fingerprint density at radius 2 is 1.23 bits per heavy atom. The fourth-order valence-corrected chi connectivity index (χ4v) is 0.538. The van der Waals surface area contributed by atoms with E-state index in [1.54, 1.807) is 0 Å². The van der Waals surface area contributed by atoms with E-state index >= 15 is 0 Å². The summed E-state index contributed by atoms with van der Waals surface area (Å²) in [6, 6.07) is 0. The van der Waals surface area contributed by atoms with Gasteiger partial charge in [-0.3, -0.25) is 0 Å². The van der Waals surface area contributed by atoms with E-state index in [9.17, 15) is 9.59 Å². The minimum atomic E-state index is -0.934. The highest BCUT2D eigenvalue weighted by Crippen LogP contribution is 2.07. The maximum Gasteiger partial charge on any atom is 0.385 e. The van der Waals surface area contributed by atoms with Gasteiger partial charge in [0, 0.05) is 25.8 Å². The van der Waals surface area contributed by atoms with Crippen molar-refractivity contribution >= 4 is 37.8 Å². The van der Waals surface area contributed by atoms with E-state index in [0.29, 0.717) is 0 Å². The SMILES string of the molecule is C=C(OC(=C)C(=O)OS)C(=O)OS. The van der Waals surface area contributed by atoms with Crippen molar-refractivity contribution in [2.24, 2.45) is 0 Å². The standard InChI is InChI=1S/C6H6O5S2/c1-3(5(7)10-12)9-4(2)6(8)11-13/h12-13H,1-2H2. The second kappa shape index (κ2) is 5.55. The van der Waals surface area contributed by atoms with Crippen LogP contribution in [0.15, 0.2) is 24.7 Å². The zero-order chi connectivity index (χ0) is 10.4. The lowest BCUT2D eigenvalue weighted by Crippen LogP contribution is -2.09. The largest absolute Gasteiger partial charge is 0.443 e. The molecule has 0 saturated heterocycles. The average molecular weight is 222 g/mol. The molecule has 0 rings (SSSR count). The molecule has 0 aliphatic carbocycles. The topological polar surface area (TPSA) is 61.8 Å². The lowest BCUT2D eigenvalue weighted by atomic mass is 10.5. The number of carbonyl (C=O) groups is 2. The molecular weight excluding hydrogens is 216 g/mol. The Balaban J connectivity index is 4.15. The number of ether oxygens (including phenoxy) is 1. The summed E-state index contributed by atoms with van der Waals surface area (Å²) in [5.74, 6) is -2.73. The van der Waals surface area contributed by atoms with Crippen LogP contribution in [0, 0.1) is 0 Å². The summed E-state index contributed by atoms with van der Waals surface area (Å²) in [5.41, 5.74) is 0. The number of carbonyl (C=O) groups excluding carboxylic acids is 2. The summed E-state index contributed by atoms with van der Waals surface area (Å²) in [7, 11) is 0. The van der Waals surface area contributed by atoms with Gasteiger partial charge in [-0.15, -0.1) is 0 Å². The van der Waals surface area contributed by atoms with Gasteiger partial charge in [-0.2, -0.15) is 0 Å². The molecule has 0 N–H and O–H groups in total. The van der Waals surface area contributed by atoms with Gasteiger partial charge in [-0.25, -0.2) is 9.59 Å². The average Bonchev–Trinajstić information content (AvgIpc) is 2.14. The van der Waals surface area contributed by atoms with Crippen LogP contribution in [0.3, 0.4) is 0 Å². The first-order valence-corrected chi connectivity index (χ1v) is 3.53. The third-order valence-corrected chi connectivity index (χ3v) is 1.20. The molecule has 0 aliphatic heterocycles. The van der Waals surface area contributed by atoms with Gasteiger partial charge in [0.05, 0.1) is 0 Å². The van der Waals surface area contributed by atoms with E-state index in [0.717, 1.165) is 0 Å². The summed E-state index contributed by atoms with van der Waals surface area (Å²) in [5, 5.41) is 0. The third-order valence-electron chi connectivity index (χ3n) is 0.868. The molecule has 0 fully saturated rings. The molecule has 0 aromatic heterocycles. The molecule has 0 unspecified atom stereocenters. The molecule has 0 spiro atoms. The van der Waals surface area contributed by atoms with Crippen molar-refractivity contribution < 1.29 is 22.7 Å². The van der Waals surface area contributed by atoms with E-state index < -0.39 is 23.5 Å². The quantitative estimate of drug-likeness (QED) is 0.319. The second-order valence-electron chi connectivity index (χ2n) is 1.71. The van der Waals surface area contributed by atoms with E-state index in [1.165, 1.54) is 0 Å². The molecule has 0 radical (unpaired) electrons. The Morgan fingerprint density at radius 1 is 0.923 bits per heavy atom. The minimum Gasteiger partial charge on any atom is -0.443 e. The Labute approximate surface area is 85.6 Å². The maximum absolute atomic E-state index is 10.6. The molecule has 7 heteroatoms. The number of thiol groups is 2. The molecule has 0 atom stereocenters. The van der Waals surface area contributed by atoms with Crippen LogP contribution in [0.2, 0.25) is 0 Å². The van der Waals surface area contributed by atoms with Crippen LogP contribution in [-0.4, -0.2) is 11.9 Å². The van der Waals surface area contributed by atoms with Gasteiger partial charge in [0.2, 0.25) is 11.5 Å². The Kier molecular flexibility index (Phi) is 5.09. The predicted molar refractivity (Wildman–Crippen MR) is 49.5 cm³/mol. The van der Waals surface area contributed by atoms with Crippen LogP contribution >= 0.6 is 25.8 Å². The molecular formula is C6H6O5S2. The van der Waals surface area contributed by atoms with Crippen LogP contribution in [-0.2, 0) is 22.7 Å². The fraction of sp³-hybridized carbons (Fsp3) is 0. The smallest absolute Gasteiger partial charge is 0.385 e. The van der Waals surface area contributed by atoms with Crippen molar-refractivity contribution in [3.8, 4) is 0 Å². The van der Waals surface area contributed by atoms with Gasteiger partial charge in [0.25, 0.3) is 0 Å². The zero-order valence-electron chi connectivity index (χ0n) is 6.35. The molecule has 5 nitrogen and oxygen atoms in total. The maximum atomic E-state index is 10.6. The Morgan fingerprint density at radius 3 is 1.46 bits per heavy atom. The van der Waals surface area contributed by atoms with Gasteiger partial charge in [0.15, 0.2) is 0 Å². The molecule has 0 saturated carbocycles. The van der Waals surface area contributed by atoms with Crippen LogP contribution in [0.1, 0.15) is 0 Å². The molecule has 0 aromatic carbocycles. The zero-order valence-corrected chi connectivity index (χ0v) is 8.14. The number of rotatable bonds is 4. The van der Waals surface area contributed by atoms with Crippen molar-refractivity contribution in [2.45, 2.75) is 0 Å². The first-order valence-electron chi connectivity index (χ1n) is 2.80. The van der Waals surface area contributed by atoms with E-state index in [1.807, 2.05) is 0 Å². The predicted octanol–water partition coefficient (Wildman–Crippen LogP) is 0.806. The molecule has 0 aromatic rings. The van der Waals surface area contributed by atoms with E-state index in [4.69, 9.17) is 0 Å². The van der Waals surface area contributed by atoms with Gasteiger partial charge in [0.1, 0.15) is 0 Å². The summed E-state index contributed by atoms with van der Waals surface area (Å²) in [6.45, 7) is 6.29. The normalized spacial score (nSPS) is 8.46. The van der Waals surface area contributed by atoms with Gasteiger partial charge < -0.3 is 13.1 Å². The lowest BCUT2D eigenvalue weighted by Gasteiger charge is -2.05. The first-order chi connectivity index (χ1) is 6.02. The third kappa shape index (κ3) is 3.90. The summed E-state index contributed by atoms with van der Waals surface area (Å²) < 4.78 is 12.4. The van der Waals surface area contributed by atoms with Gasteiger partial charge in [-0.1, -0.05) is 0 Å². The van der Waals surface area contributed by atoms with Crippen LogP contribution in [0.5, 0.6) is 0 Å². The van der Waals surface area contributed by atoms with Crippen molar-refractivity contribution in [1.82, 2.24) is 0 Å². The van der Waals surface area contributed by atoms with Crippen LogP contribution in [0.4, 0.5) is 0 Å². The Hall–Kier alpha value is -1.08. The first kappa shape index (κ1) is 11.9. The summed E-state index contributed by atoms with van der Waals surface area (Å²) >= 11 is 6.40. The fourth-order valence-electron chi connectivity index (χ4n) is 0.334. The monoisotopic (exact) mass is 222 g/mol. The second-order valence-corrected chi connectivity index (χ2v) is 2.07. The molecule has 0 heterocycles. The van der Waals surface area contributed by atoms with E-state index in [2.05, 4.69) is 52.1 Å². The number of hydrogen-bond acceptors (Lipinski definition) is 7. The summed E-state index contributed by atoms with van der Waals surface area (Å²) in [6.07, 6.45) is 0. The molecule has 72 valence electrons. The van der Waals surface area contributed by atoms with Crippen LogP contribution in [0.25, 0.3) is 0 Å². The van der Waals surface area contributed by atoms with Gasteiger partial charge in [-0.05, 0) is 13.2 Å². The highest BCUT2D eigenvalue weighted by molar-refractivity contribution is 7.75. The van der Waals surface area contributed by atoms with Crippen molar-refractivity contribution in [1.29, 1.82) is 0 Å². The Bertz CT molecular complexity index is 234. The lowest BCUT2D eigenvalue weighted by molar-refractivity contribution is -0.134.